The van der Waals surface area contributed by atoms with Crippen LogP contribution >= 0.6 is 11.6 Å². The molecule has 0 amide bonds. The van der Waals surface area contributed by atoms with Gasteiger partial charge in [0.15, 0.2) is 5.65 Å². The number of piperazine rings is 1. The molecule has 1 aliphatic heterocycles. The second-order valence-electron chi connectivity index (χ2n) is 7.49. The zero-order valence-corrected chi connectivity index (χ0v) is 15.8. The van der Waals surface area contributed by atoms with Gasteiger partial charge in [0.05, 0.1) is 5.02 Å². The maximum atomic E-state index is 11.1. The lowest BCUT2D eigenvalue weighted by molar-refractivity contribution is -0.0287. The van der Waals surface area contributed by atoms with E-state index in [9.17, 15) is 5.11 Å². The van der Waals surface area contributed by atoms with Crippen LogP contribution in [0.4, 0.5) is 5.95 Å². The Bertz CT molecular complexity index is 947. The number of aliphatic hydroxyl groups is 1. The van der Waals surface area contributed by atoms with Crippen molar-refractivity contribution in [3.63, 3.8) is 0 Å². The molecule has 27 heavy (non-hydrogen) atoms. The molecule has 0 spiro atoms. The maximum absolute atomic E-state index is 11.1. The van der Waals surface area contributed by atoms with Crippen LogP contribution in [-0.2, 0) is 5.41 Å². The van der Waals surface area contributed by atoms with Crippen molar-refractivity contribution in [3.05, 3.63) is 59.2 Å². The van der Waals surface area contributed by atoms with Crippen molar-refractivity contribution in [1.29, 1.82) is 0 Å². The Hall–Kier alpha value is -2.15. The van der Waals surface area contributed by atoms with E-state index in [-0.39, 0.29) is 5.41 Å². The van der Waals surface area contributed by atoms with Crippen molar-refractivity contribution in [2.24, 2.45) is 0 Å². The third-order valence-corrected chi connectivity index (χ3v) is 6.15. The number of anilines is 1. The van der Waals surface area contributed by atoms with E-state index in [1.165, 1.54) is 5.56 Å². The fourth-order valence-corrected chi connectivity index (χ4v) is 4.35. The summed E-state index contributed by atoms with van der Waals surface area (Å²) in [6, 6.07) is 14.1. The zero-order chi connectivity index (χ0) is 18.4. The molecule has 6 nitrogen and oxygen atoms in total. The molecule has 2 aliphatic rings. The van der Waals surface area contributed by atoms with Gasteiger partial charge in [0.1, 0.15) is 6.23 Å². The summed E-state index contributed by atoms with van der Waals surface area (Å²) in [7, 11) is 0. The van der Waals surface area contributed by atoms with Gasteiger partial charge in [-0.2, -0.15) is 0 Å². The summed E-state index contributed by atoms with van der Waals surface area (Å²) in [6.45, 7) is 3.20. The molecule has 1 saturated carbocycles. The van der Waals surface area contributed by atoms with E-state index in [1.54, 1.807) is 0 Å². The monoisotopic (exact) mass is 383 g/mol. The van der Waals surface area contributed by atoms with E-state index >= 15 is 0 Å². The highest BCUT2D eigenvalue weighted by atomic mass is 35.5. The summed E-state index contributed by atoms with van der Waals surface area (Å²) in [5, 5.41) is 20.3. The third kappa shape index (κ3) is 2.88. The van der Waals surface area contributed by atoms with Crippen molar-refractivity contribution < 1.29 is 5.11 Å². The molecule has 0 radical (unpaired) electrons. The lowest BCUT2D eigenvalue weighted by Crippen LogP contribution is -2.54. The smallest absolute Gasteiger partial charge is 0.231 e. The largest absolute Gasteiger partial charge is 0.377 e. The number of pyridine rings is 1. The van der Waals surface area contributed by atoms with E-state index in [0.717, 1.165) is 50.6 Å². The minimum absolute atomic E-state index is 0.0987. The Balaban J connectivity index is 1.31. The van der Waals surface area contributed by atoms with Gasteiger partial charge in [-0.3, -0.25) is 9.30 Å². The van der Waals surface area contributed by atoms with Gasteiger partial charge in [-0.05, 0) is 30.5 Å². The van der Waals surface area contributed by atoms with Crippen LogP contribution in [0.25, 0.3) is 5.65 Å². The Labute approximate surface area is 163 Å². The summed E-state index contributed by atoms with van der Waals surface area (Å²) in [4.78, 5) is 4.41. The summed E-state index contributed by atoms with van der Waals surface area (Å²) in [6.07, 6.45) is 3.51. The van der Waals surface area contributed by atoms with Crippen LogP contribution in [0.5, 0.6) is 0 Å². The van der Waals surface area contributed by atoms with Gasteiger partial charge >= 0.3 is 0 Å². The number of nitrogens with zero attached hydrogens (tertiary/aromatic N) is 5. The fourth-order valence-electron chi connectivity index (χ4n) is 4.19. The predicted octanol–water partition coefficient (Wildman–Crippen LogP) is 2.55. The number of halogens is 1. The molecular weight excluding hydrogens is 362 g/mol. The van der Waals surface area contributed by atoms with Gasteiger partial charge in [0.25, 0.3) is 0 Å². The van der Waals surface area contributed by atoms with Crippen LogP contribution < -0.4 is 4.90 Å². The first-order valence-electron chi connectivity index (χ1n) is 9.40. The molecule has 1 saturated heterocycles. The molecule has 2 aromatic heterocycles. The Morgan fingerprint density at radius 2 is 1.70 bits per heavy atom. The maximum Gasteiger partial charge on any atom is 0.231 e. The molecule has 5 rings (SSSR count). The first kappa shape index (κ1) is 17.0. The number of aliphatic hydroxyl groups excluding tert-OH is 1. The number of fused-ring (bicyclic) bond motifs is 1. The highest BCUT2D eigenvalue weighted by molar-refractivity contribution is 6.30. The summed E-state index contributed by atoms with van der Waals surface area (Å²) in [5.41, 5.74) is 1.94. The van der Waals surface area contributed by atoms with Crippen molar-refractivity contribution >= 4 is 23.2 Å². The molecule has 1 unspecified atom stereocenters. The minimum atomic E-state index is -0.438. The summed E-state index contributed by atoms with van der Waals surface area (Å²) in [5.74, 6) is 0.811. The SMILES string of the molecule is OC(N1CCN(c2nnc3ccc(Cl)cn23)CC1)C1(c2ccccc2)CC1. The van der Waals surface area contributed by atoms with E-state index in [4.69, 9.17) is 11.6 Å². The van der Waals surface area contributed by atoms with Crippen LogP contribution in [0.1, 0.15) is 18.4 Å². The van der Waals surface area contributed by atoms with E-state index in [2.05, 4.69) is 44.3 Å². The number of hydrogen-bond donors (Lipinski definition) is 1. The number of aromatic nitrogens is 3. The molecular formula is C20H22ClN5O. The third-order valence-electron chi connectivity index (χ3n) is 5.92. The van der Waals surface area contributed by atoms with Gasteiger partial charge in [0, 0.05) is 37.8 Å². The van der Waals surface area contributed by atoms with Gasteiger partial charge < -0.3 is 10.0 Å². The lowest BCUT2D eigenvalue weighted by Gasteiger charge is -2.40. The summed E-state index contributed by atoms with van der Waals surface area (Å²) >= 11 is 6.13. The quantitative estimate of drug-likeness (QED) is 0.750. The second-order valence-corrected chi connectivity index (χ2v) is 7.93. The van der Waals surface area contributed by atoms with Gasteiger partial charge in [-0.25, -0.2) is 0 Å². The highest BCUT2D eigenvalue weighted by Crippen LogP contribution is 2.51. The highest BCUT2D eigenvalue weighted by Gasteiger charge is 2.52. The molecule has 1 N–H and O–H groups in total. The number of rotatable bonds is 4. The summed E-state index contributed by atoms with van der Waals surface area (Å²) < 4.78 is 1.93. The Kier molecular flexibility index (Phi) is 4.07. The van der Waals surface area contributed by atoms with Crippen molar-refractivity contribution in [2.45, 2.75) is 24.5 Å². The molecule has 1 aromatic carbocycles. The number of benzene rings is 1. The molecule has 3 aromatic rings. The van der Waals surface area contributed by atoms with Gasteiger partial charge in [-0.15, -0.1) is 10.2 Å². The van der Waals surface area contributed by atoms with Crippen LogP contribution in [-0.4, -0.2) is 57.0 Å². The van der Waals surface area contributed by atoms with Crippen LogP contribution in [0.15, 0.2) is 48.7 Å². The zero-order valence-electron chi connectivity index (χ0n) is 15.0. The molecule has 7 heteroatoms. The van der Waals surface area contributed by atoms with Crippen molar-refractivity contribution in [3.8, 4) is 0 Å². The molecule has 2 fully saturated rings. The van der Waals surface area contributed by atoms with Crippen LogP contribution in [0.3, 0.4) is 0 Å². The normalized spacial score (nSPS) is 20.7. The second kappa shape index (κ2) is 6.48. The molecule has 1 aliphatic carbocycles. The van der Waals surface area contributed by atoms with E-state index in [1.807, 2.05) is 28.8 Å². The molecule has 0 bridgehead atoms. The standard InChI is InChI=1S/C20H22ClN5O/c21-16-6-7-17-22-23-19(26(17)14-16)25-12-10-24(11-13-25)18(27)20(8-9-20)15-4-2-1-3-5-15/h1-7,14,18,27H,8-13H2. The minimum Gasteiger partial charge on any atom is -0.377 e. The van der Waals surface area contributed by atoms with Crippen LogP contribution in [0, 0.1) is 0 Å². The average Bonchev–Trinajstić information content (AvgIpc) is 3.43. The average molecular weight is 384 g/mol. The van der Waals surface area contributed by atoms with E-state index < -0.39 is 6.23 Å². The Morgan fingerprint density at radius 3 is 2.41 bits per heavy atom. The topological polar surface area (TPSA) is 56.9 Å². The molecule has 1 atom stereocenters. The lowest BCUT2D eigenvalue weighted by atomic mass is 9.93. The van der Waals surface area contributed by atoms with Gasteiger partial charge in [0.2, 0.25) is 5.95 Å². The fraction of sp³-hybridized carbons (Fsp3) is 0.400. The van der Waals surface area contributed by atoms with Crippen molar-refractivity contribution in [1.82, 2.24) is 19.5 Å². The van der Waals surface area contributed by atoms with Gasteiger partial charge in [-0.1, -0.05) is 41.9 Å². The first-order chi connectivity index (χ1) is 13.2. The predicted molar refractivity (Wildman–Crippen MR) is 105 cm³/mol. The molecule has 3 heterocycles. The Morgan fingerprint density at radius 1 is 0.963 bits per heavy atom. The first-order valence-corrected chi connectivity index (χ1v) is 9.78. The van der Waals surface area contributed by atoms with E-state index in [0.29, 0.717) is 5.02 Å². The van der Waals surface area contributed by atoms with Crippen LogP contribution in [0.2, 0.25) is 5.02 Å². The van der Waals surface area contributed by atoms with Crippen molar-refractivity contribution in [2.75, 3.05) is 31.1 Å². The molecule has 140 valence electrons. The number of hydrogen-bond acceptors (Lipinski definition) is 5.